The summed E-state index contributed by atoms with van der Waals surface area (Å²) in [7, 11) is 0. The third kappa shape index (κ3) is 5.09. The van der Waals surface area contributed by atoms with Gasteiger partial charge in [0.05, 0.1) is 17.7 Å². The lowest BCUT2D eigenvalue weighted by Crippen LogP contribution is -2.35. The summed E-state index contributed by atoms with van der Waals surface area (Å²) in [4.78, 5) is 11.8. The number of nitrogens with one attached hydrogen (secondary N) is 1. The van der Waals surface area contributed by atoms with E-state index in [9.17, 15) is 4.79 Å². The Balaban J connectivity index is 2.65. The van der Waals surface area contributed by atoms with Crippen LogP contribution in [0.1, 0.15) is 33.1 Å². The molecule has 0 spiro atoms. The third-order valence-electron chi connectivity index (χ3n) is 2.60. The second-order valence-corrected chi connectivity index (χ2v) is 4.79. The molecule has 0 fully saturated rings. The van der Waals surface area contributed by atoms with Crippen LogP contribution in [0, 0.1) is 0 Å². The molecule has 3 N–H and O–H groups in total. The molecule has 0 saturated heterocycles. The largest absolute Gasteiger partial charge is 0.492 e. The van der Waals surface area contributed by atoms with Crippen LogP contribution in [0.5, 0.6) is 5.75 Å². The van der Waals surface area contributed by atoms with E-state index in [4.69, 9.17) is 22.1 Å². The van der Waals surface area contributed by atoms with Crippen LogP contribution in [0.4, 0.5) is 5.69 Å². The number of nitrogens with two attached hydrogens (primary N) is 1. The highest BCUT2D eigenvalue weighted by Gasteiger charge is 2.13. The fourth-order valence-corrected chi connectivity index (χ4v) is 1.82. The van der Waals surface area contributed by atoms with E-state index in [1.807, 2.05) is 13.8 Å². The average Bonchev–Trinajstić information content (AvgIpc) is 2.38. The lowest BCUT2D eigenvalue weighted by Gasteiger charge is -2.12. The molecule has 0 saturated carbocycles. The lowest BCUT2D eigenvalue weighted by atomic mass is 10.1. The van der Waals surface area contributed by atoms with E-state index in [2.05, 4.69) is 5.32 Å². The molecule has 0 aromatic heterocycles. The van der Waals surface area contributed by atoms with Gasteiger partial charge in [-0.2, -0.15) is 0 Å². The Labute approximate surface area is 119 Å². The summed E-state index contributed by atoms with van der Waals surface area (Å²) >= 11 is 6.08. The number of carbonyl (C=O) groups is 1. The Morgan fingerprint density at radius 1 is 1.42 bits per heavy atom. The number of anilines is 1. The van der Waals surface area contributed by atoms with E-state index < -0.39 is 6.04 Å². The number of halogens is 1. The number of hydrogen-bond donors (Lipinski definition) is 2. The first kappa shape index (κ1) is 15.8. The average molecular weight is 285 g/mol. The molecule has 4 nitrogen and oxygen atoms in total. The van der Waals surface area contributed by atoms with Gasteiger partial charge < -0.3 is 15.8 Å². The molecule has 1 atom stereocenters. The second kappa shape index (κ2) is 8.02. The van der Waals surface area contributed by atoms with Crippen LogP contribution in [-0.4, -0.2) is 18.6 Å². The molecule has 0 bridgehead atoms. The minimum Gasteiger partial charge on any atom is -0.492 e. The smallest absolute Gasteiger partial charge is 0.241 e. The molecule has 1 aromatic rings. The molecular weight excluding hydrogens is 264 g/mol. The van der Waals surface area contributed by atoms with E-state index in [0.29, 0.717) is 29.5 Å². The molecule has 5 heteroatoms. The minimum atomic E-state index is -0.486. The molecule has 0 aliphatic rings. The van der Waals surface area contributed by atoms with Crippen molar-refractivity contribution in [3.8, 4) is 5.75 Å². The Hall–Kier alpha value is -1.26. The van der Waals surface area contributed by atoms with E-state index in [1.54, 1.807) is 18.2 Å². The maximum absolute atomic E-state index is 11.8. The van der Waals surface area contributed by atoms with Gasteiger partial charge in [0.25, 0.3) is 0 Å². The van der Waals surface area contributed by atoms with E-state index in [-0.39, 0.29) is 5.91 Å². The summed E-state index contributed by atoms with van der Waals surface area (Å²) in [6, 6.07) is 4.69. The highest BCUT2D eigenvalue weighted by molar-refractivity contribution is 6.32. The van der Waals surface area contributed by atoms with Crippen LogP contribution < -0.4 is 15.8 Å². The number of hydrogen-bond acceptors (Lipinski definition) is 3. The predicted molar refractivity (Wildman–Crippen MR) is 78.8 cm³/mol. The summed E-state index contributed by atoms with van der Waals surface area (Å²) in [5.41, 5.74) is 6.37. The summed E-state index contributed by atoms with van der Waals surface area (Å²) in [6.07, 6.45) is 2.46. The minimum absolute atomic E-state index is 0.194. The first-order chi connectivity index (χ1) is 9.08. The van der Waals surface area contributed by atoms with Gasteiger partial charge in [-0.15, -0.1) is 0 Å². The van der Waals surface area contributed by atoms with E-state index in [0.717, 1.165) is 12.8 Å². The number of ether oxygens (including phenoxy) is 1. The molecule has 1 aromatic carbocycles. The second-order valence-electron chi connectivity index (χ2n) is 4.38. The quantitative estimate of drug-likeness (QED) is 0.808. The zero-order chi connectivity index (χ0) is 14.3. The number of rotatable bonds is 7. The van der Waals surface area contributed by atoms with Crippen LogP contribution in [0.3, 0.4) is 0 Å². The lowest BCUT2D eigenvalue weighted by molar-refractivity contribution is -0.117. The topological polar surface area (TPSA) is 64.3 Å². The Kier molecular flexibility index (Phi) is 6.67. The van der Waals surface area contributed by atoms with Crippen molar-refractivity contribution in [2.75, 3.05) is 11.9 Å². The predicted octanol–water partition coefficient (Wildman–Crippen LogP) is 3.19. The fraction of sp³-hybridized carbons (Fsp3) is 0.500. The van der Waals surface area contributed by atoms with Crippen molar-refractivity contribution in [2.24, 2.45) is 5.73 Å². The zero-order valence-corrected chi connectivity index (χ0v) is 12.2. The summed E-state index contributed by atoms with van der Waals surface area (Å²) in [5.74, 6) is 0.430. The van der Waals surface area contributed by atoms with Crippen LogP contribution >= 0.6 is 11.6 Å². The maximum Gasteiger partial charge on any atom is 0.241 e. The molecule has 19 heavy (non-hydrogen) atoms. The molecule has 1 rings (SSSR count). The van der Waals surface area contributed by atoms with Crippen molar-refractivity contribution >= 4 is 23.2 Å². The first-order valence-corrected chi connectivity index (χ1v) is 6.95. The van der Waals surface area contributed by atoms with Gasteiger partial charge in [0, 0.05) is 5.69 Å². The van der Waals surface area contributed by atoms with Gasteiger partial charge in [-0.3, -0.25) is 4.79 Å². The summed E-state index contributed by atoms with van der Waals surface area (Å²) in [5, 5.41) is 3.23. The van der Waals surface area contributed by atoms with Crippen molar-refractivity contribution in [1.29, 1.82) is 0 Å². The van der Waals surface area contributed by atoms with Gasteiger partial charge in [-0.1, -0.05) is 31.9 Å². The van der Waals surface area contributed by atoms with Gasteiger partial charge >= 0.3 is 0 Å². The monoisotopic (exact) mass is 284 g/mol. The zero-order valence-electron chi connectivity index (χ0n) is 11.4. The SMILES string of the molecule is CCCOc1ccc(NC(=O)[C@H](N)CCC)cc1Cl. The third-order valence-corrected chi connectivity index (χ3v) is 2.89. The standard InChI is InChI=1S/C14H21ClN2O2/c1-3-5-12(16)14(18)17-10-6-7-13(11(15)9-10)19-8-4-2/h6-7,9,12H,3-5,8,16H2,1-2H3,(H,17,18)/t12-/m1/s1. The molecule has 1 amide bonds. The van der Waals surface area contributed by atoms with Gasteiger partial charge in [0.1, 0.15) is 5.75 Å². The van der Waals surface area contributed by atoms with E-state index >= 15 is 0 Å². The van der Waals surface area contributed by atoms with Gasteiger partial charge in [-0.05, 0) is 31.0 Å². The van der Waals surface area contributed by atoms with Gasteiger partial charge in [-0.25, -0.2) is 0 Å². The number of amides is 1. The molecule has 0 aliphatic heterocycles. The summed E-state index contributed by atoms with van der Waals surface area (Å²) < 4.78 is 5.46. The van der Waals surface area contributed by atoms with Crippen molar-refractivity contribution in [3.63, 3.8) is 0 Å². The molecule has 0 unspecified atom stereocenters. The Morgan fingerprint density at radius 2 is 2.16 bits per heavy atom. The van der Waals surface area contributed by atoms with Crippen molar-refractivity contribution < 1.29 is 9.53 Å². The van der Waals surface area contributed by atoms with Crippen molar-refractivity contribution in [1.82, 2.24) is 0 Å². The van der Waals surface area contributed by atoms with Crippen molar-refractivity contribution in [3.05, 3.63) is 23.2 Å². The Bertz CT molecular complexity index is 424. The highest BCUT2D eigenvalue weighted by atomic mass is 35.5. The van der Waals surface area contributed by atoms with Crippen LogP contribution in [-0.2, 0) is 4.79 Å². The molecule has 0 aliphatic carbocycles. The highest BCUT2D eigenvalue weighted by Crippen LogP contribution is 2.27. The van der Waals surface area contributed by atoms with Gasteiger partial charge in [0.15, 0.2) is 0 Å². The fourth-order valence-electron chi connectivity index (χ4n) is 1.58. The number of carbonyl (C=O) groups excluding carboxylic acids is 1. The summed E-state index contributed by atoms with van der Waals surface area (Å²) in [6.45, 7) is 4.63. The normalized spacial score (nSPS) is 12.0. The van der Waals surface area contributed by atoms with Gasteiger partial charge in [0.2, 0.25) is 5.91 Å². The van der Waals surface area contributed by atoms with Crippen LogP contribution in [0.15, 0.2) is 18.2 Å². The molecule has 0 radical (unpaired) electrons. The molecule has 106 valence electrons. The molecular formula is C14H21ClN2O2. The van der Waals surface area contributed by atoms with Crippen LogP contribution in [0.25, 0.3) is 0 Å². The Morgan fingerprint density at radius 3 is 2.74 bits per heavy atom. The first-order valence-electron chi connectivity index (χ1n) is 6.57. The van der Waals surface area contributed by atoms with Crippen LogP contribution in [0.2, 0.25) is 5.02 Å². The van der Waals surface area contributed by atoms with E-state index in [1.165, 1.54) is 0 Å². The van der Waals surface area contributed by atoms with Crippen molar-refractivity contribution in [2.45, 2.75) is 39.2 Å². The molecule has 0 heterocycles. The maximum atomic E-state index is 11.8. The number of benzene rings is 1.